The number of aromatic nitrogens is 4. The van der Waals surface area contributed by atoms with E-state index < -0.39 is 0 Å². The van der Waals surface area contributed by atoms with Crippen LogP contribution in [0, 0.1) is 20.8 Å². The van der Waals surface area contributed by atoms with Crippen LogP contribution in [0.15, 0.2) is 40.0 Å². The fraction of sp³-hybridized carbons (Fsp3) is 0.312. The highest BCUT2D eigenvalue weighted by Gasteiger charge is 2.14. The van der Waals surface area contributed by atoms with Crippen LogP contribution in [0.25, 0.3) is 0 Å². The standard InChI is InChI=1S/C16H18N4OS/c1-11-15(12(2)21-19-11)10-22-16-18-17-13(3)20(16)9-14-7-5-4-6-8-14/h4-8H,9-10H2,1-3H3. The Morgan fingerprint density at radius 2 is 1.86 bits per heavy atom. The lowest BCUT2D eigenvalue weighted by Crippen LogP contribution is -2.04. The molecule has 0 aliphatic rings. The molecule has 0 radical (unpaired) electrons. The third-order valence-corrected chi connectivity index (χ3v) is 4.61. The smallest absolute Gasteiger partial charge is 0.191 e. The first-order valence-corrected chi connectivity index (χ1v) is 8.12. The highest BCUT2D eigenvalue weighted by molar-refractivity contribution is 7.98. The molecule has 2 heterocycles. The molecule has 0 spiro atoms. The third-order valence-electron chi connectivity index (χ3n) is 3.61. The zero-order chi connectivity index (χ0) is 15.5. The predicted octanol–water partition coefficient (Wildman–Crippen LogP) is 3.53. The normalized spacial score (nSPS) is 11.0. The Labute approximate surface area is 133 Å². The van der Waals surface area contributed by atoms with Crippen molar-refractivity contribution in [1.29, 1.82) is 0 Å². The van der Waals surface area contributed by atoms with Gasteiger partial charge in [0.05, 0.1) is 12.2 Å². The minimum Gasteiger partial charge on any atom is -0.361 e. The van der Waals surface area contributed by atoms with E-state index in [1.54, 1.807) is 11.8 Å². The molecule has 5 nitrogen and oxygen atoms in total. The number of benzene rings is 1. The molecule has 1 aromatic carbocycles. The van der Waals surface area contributed by atoms with E-state index in [4.69, 9.17) is 4.52 Å². The van der Waals surface area contributed by atoms with Gasteiger partial charge in [-0.25, -0.2) is 0 Å². The number of hydrogen-bond acceptors (Lipinski definition) is 5. The van der Waals surface area contributed by atoms with Crippen molar-refractivity contribution in [3.05, 3.63) is 58.7 Å². The zero-order valence-electron chi connectivity index (χ0n) is 12.9. The van der Waals surface area contributed by atoms with Crippen LogP contribution in [-0.2, 0) is 12.3 Å². The van der Waals surface area contributed by atoms with Crippen LogP contribution in [0.2, 0.25) is 0 Å². The monoisotopic (exact) mass is 314 g/mol. The van der Waals surface area contributed by atoms with Crippen molar-refractivity contribution in [2.24, 2.45) is 0 Å². The molecule has 6 heteroatoms. The van der Waals surface area contributed by atoms with E-state index in [0.717, 1.165) is 40.3 Å². The van der Waals surface area contributed by atoms with Gasteiger partial charge in [0.15, 0.2) is 5.16 Å². The topological polar surface area (TPSA) is 56.7 Å². The molecule has 0 aliphatic carbocycles. The highest BCUT2D eigenvalue weighted by atomic mass is 32.2. The van der Waals surface area contributed by atoms with Gasteiger partial charge in [0.2, 0.25) is 0 Å². The molecule has 0 saturated heterocycles. The summed E-state index contributed by atoms with van der Waals surface area (Å²) in [5.74, 6) is 2.58. The maximum atomic E-state index is 5.21. The van der Waals surface area contributed by atoms with E-state index in [9.17, 15) is 0 Å². The fourth-order valence-electron chi connectivity index (χ4n) is 2.26. The van der Waals surface area contributed by atoms with E-state index in [0.29, 0.717) is 0 Å². The number of nitrogens with zero attached hydrogens (tertiary/aromatic N) is 4. The predicted molar refractivity (Wildman–Crippen MR) is 85.8 cm³/mol. The third kappa shape index (κ3) is 3.06. The average Bonchev–Trinajstić information content (AvgIpc) is 3.03. The van der Waals surface area contributed by atoms with Crippen LogP contribution in [-0.4, -0.2) is 19.9 Å². The number of rotatable bonds is 5. The van der Waals surface area contributed by atoms with Gasteiger partial charge < -0.3 is 9.09 Å². The molecule has 0 atom stereocenters. The van der Waals surface area contributed by atoms with Gasteiger partial charge in [0.1, 0.15) is 11.6 Å². The summed E-state index contributed by atoms with van der Waals surface area (Å²) < 4.78 is 7.35. The van der Waals surface area contributed by atoms with Gasteiger partial charge in [-0.05, 0) is 26.3 Å². The summed E-state index contributed by atoms with van der Waals surface area (Å²) in [5, 5.41) is 13.4. The molecule has 2 aromatic heterocycles. The first kappa shape index (κ1) is 14.8. The molecule has 3 aromatic rings. The fourth-order valence-corrected chi connectivity index (χ4v) is 3.40. The van der Waals surface area contributed by atoms with Crippen molar-refractivity contribution in [2.45, 2.75) is 38.2 Å². The first-order chi connectivity index (χ1) is 10.6. The maximum absolute atomic E-state index is 5.21. The van der Waals surface area contributed by atoms with Crippen LogP contribution in [0.3, 0.4) is 0 Å². The maximum Gasteiger partial charge on any atom is 0.191 e. The van der Waals surface area contributed by atoms with Gasteiger partial charge in [-0.15, -0.1) is 10.2 Å². The molecule has 0 N–H and O–H groups in total. The molecule has 0 aliphatic heterocycles. The minimum absolute atomic E-state index is 0.781. The van der Waals surface area contributed by atoms with Gasteiger partial charge in [0.25, 0.3) is 0 Å². The lowest BCUT2D eigenvalue weighted by Gasteiger charge is -2.08. The van der Waals surface area contributed by atoms with Crippen molar-refractivity contribution in [3.8, 4) is 0 Å². The van der Waals surface area contributed by atoms with Gasteiger partial charge in [-0.1, -0.05) is 47.3 Å². The summed E-state index contributed by atoms with van der Waals surface area (Å²) in [6, 6.07) is 10.3. The number of aryl methyl sites for hydroxylation is 3. The molecule has 0 bridgehead atoms. The molecule has 22 heavy (non-hydrogen) atoms. The largest absolute Gasteiger partial charge is 0.361 e. The average molecular weight is 314 g/mol. The second-order valence-electron chi connectivity index (χ2n) is 5.19. The second kappa shape index (κ2) is 6.36. The van der Waals surface area contributed by atoms with E-state index >= 15 is 0 Å². The van der Waals surface area contributed by atoms with E-state index in [2.05, 4.69) is 32.1 Å². The van der Waals surface area contributed by atoms with Crippen LogP contribution >= 0.6 is 11.8 Å². The molecule has 0 amide bonds. The Morgan fingerprint density at radius 3 is 2.55 bits per heavy atom. The van der Waals surface area contributed by atoms with Crippen molar-refractivity contribution in [1.82, 2.24) is 19.9 Å². The first-order valence-electron chi connectivity index (χ1n) is 7.13. The Hall–Kier alpha value is -2.08. The molecule has 3 rings (SSSR count). The second-order valence-corrected chi connectivity index (χ2v) is 6.14. The molecule has 0 unspecified atom stereocenters. The van der Waals surface area contributed by atoms with E-state index in [1.165, 1.54) is 5.56 Å². The van der Waals surface area contributed by atoms with Crippen LogP contribution in [0.5, 0.6) is 0 Å². The summed E-state index contributed by atoms with van der Waals surface area (Å²) in [6.45, 7) is 6.67. The Kier molecular flexibility index (Phi) is 4.29. The quantitative estimate of drug-likeness (QED) is 0.674. The molecular formula is C16H18N4OS. The lowest BCUT2D eigenvalue weighted by molar-refractivity contribution is 0.392. The summed E-state index contributed by atoms with van der Waals surface area (Å²) >= 11 is 1.66. The zero-order valence-corrected chi connectivity index (χ0v) is 13.7. The molecule has 0 fully saturated rings. The van der Waals surface area contributed by atoms with Crippen molar-refractivity contribution in [3.63, 3.8) is 0 Å². The van der Waals surface area contributed by atoms with E-state index in [1.807, 2.05) is 39.0 Å². The van der Waals surface area contributed by atoms with Crippen molar-refractivity contribution >= 4 is 11.8 Å². The van der Waals surface area contributed by atoms with Gasteiger partial charge in [0, 0.05) is 11.3 Å². The molecule has 114 valence electrons. The summed E-state index contributed by atoms with van der Waals surface area (Å²) in [5.41, 5.74) is 3.32. The molecule has 0 saturated carbocycles. The highest BCUT2D eigenvalue weighted by Crippen LogP contribution is 2.25. The van der Waals surface area contributed by atoms with Gasteiger partial charge in [-0.3, -0.25) is 0 Å². The summed E-state index contributed by atoms with van der Waals surface area (Å²) in [7, 11) is 0. The summed E-state index contributed by atoms with van der Waals surface area (Å²) in [4.78, 5) is 0. The van der Waals surface area contributed by atoms with Crippen LogP contribution in [0.1, 0.15) is 28.4 Å². The number of thioether (sulfide) groups is 1. The van der Waals surface area contributed by atoms with Crippen molar-refractivity contribution in [2.75, 3.05) is 0 Å². The summed E-state index contributed by atoms with van der Waals surface area (Å²) in [6.07, 6.45) is 0. The Bertz CT molecular complexity index is 744. The van der Waals surface area contributed by atoms with Gasteiger partial charge in [-0.2, -0.15) is 0 Å². The van der Waals surface area contributed by atoms with Gasteiger partial charge >= 0.3 is 0 Å². The SMILES string of the molecule is Cc1noc(C)c1CSc1nnc(C)n1Cc1ccccc1. The minimum atomic E-state index is 0.781. The van der Waals surface area contributed by atoms with E-state index in [-0.39, 0.29) is 0 Å². The van der Waals surface area contributed by atoms with Crippen molar-refractivity contribution < 1.29 is 4.52 Å². The van der Waals surface area contributed by atoms with Crippen LogP contribution in [0.4, 0.5) is 0 Å². The number of hydrogen-bond donors (Lipinski definition) is 0. The Morgan fingerprint density at radius 1 is 1.09 bits per heavy atom. The molecular weight excluding hydrogens is 296 g/mol. The van der Waals surface area contributed by atoms with Crippen LogP contribution < -0.4 is 0 Å². The Balaban J connectivity index is 1.78. The lowest BCUT2D eigenvalue weighted by atomic mass is 10.2.